The van der Waals surface area contributed by atoms with Crippen LogP contribution in [0, 0.1) is 5.92 Å². The van der Waals surface area contributed by atoms with Gasteiger partial charge in [0.2, 0.25) is 0 Å². The molecule has 0 amide bonds. The normalized spacial score (nSPS) is 24.6. The molecule has 2 N–H and O–H groups in total. The Labute approximate surface area is 105 Å². The first-order valence-corrected chi connectivity index (χ1v) is 6.85. The molecule has 2 unspecified atom stereocenters. The summed E-state index contributed by atoms with van der Waals surface area (Å²) < 4.78 is 0. The second kappa shape index (κ2) is 6.06. The highest BCUT2D eigenvalue weighted by Gasteiger charge is 2.21. The number of para-hydroxylation sites is 1. The number of hydrogen-bond acceptors (Lipinski definition) is 2. The average molecular weight is 232 g/mol. The molecule has 1 aromatic rings. The molecule has 0 radical (unpaired) electrons. The predicted octanol–water partition coefficient (Wildman–Crippen LogP) is 3.03. The molecule has 0 saturated heterocycles. The topological polar surface area (TPSA) is 29.3 Å². The fourth-order valence-corrected chi connectivity index (χ4v) is 2.87. The molecule has 0 heterocycles. The first-order chi connectivity index (χ1) is 8.29. The minimum absolute atomic E-state index is 0.434. The lowest BCUT2D eigenvalue weighted by atomic mass is 9.86. The van der Waals surface area contributed by atoms with E-state index in [9.17, 15) is 0 Å². The average Bonchev–Trinajstić information content (AvgIpc) is 2.37. The Balaban J connectivity index is 1.95. The first kappa shape index (κ1) is 12.4. The Morgan fingerprint density at radius 3 is 2.65 bits per heavy atom. The summed E-state index contributed by atoms with van der Waals surface area (Å²) >= 11 is 0. The van der Waals surface area contributed by atoms with Crippen molar-refractivity contribution in [2.45, 2.75) is 38.6 Å². The number of nitrogens with two attached hydrogens (primary N) is 1. The molecule has 0 spiro atoms. The Kier molecular flexibility index (Phi) is 4.43. The van der Waals surface area contributed by atoms with Gasteiger partial charge in [0, 0.05) is 24.8 Å². The summed E-state index contributed by atoms with van der Waals surface area (Å²) in [6, 6.07) is 11.1. The molecule has 1 saturated carbocycles. The molecule has 2 heteroatoms. The van der Waals surface area contributed by atoms with Crippen molar-refractivity contribution in [2.24, 2.45) is 11.7 Å². The molecule has 2 nitrogen and oxygen atoms in total. The molecule has 17 heavy (non-hydrogen) atoms. The second-order valence-electron chi connectivity index (χ2n) is 5.17. The summed E-state index contributed by atoms with van der Waals surface area (Å²) in [4.78, 5) is 2.47. The van der Waals surface area contributed by atoms with E-state index in [2.05, 4.69) is 42.2 Å². The molecular weight excluding hydrogens is 208 g/mol. The summed E-state index contributed by atoms with van der Waals surface area (Å²) in [5.74, 6) is 0.777. The Morgan fingerprint density at radius 2 is 2.00 bits per heavy atom. The highest BCUT2D eigenvalue weighted by Crippen LogP contribution is 2.25. The van der Waals surface area contributed by atoms with Crippen LogP contribution in [0.2, 0.25) is 0 Å². The molecule has 1 fully saturated rings. The van der Waals surface area contributed by atoms with Crippen LogP contribution in [0.3, 0.4) is 0 Å². The Bertz CT molecular complexity index is 323. The number of rotatable bonds is 4. The van der Waals surface area contributed by atoms with Crippen LogP contribution in [-0.2, 0) is 0 Å². The van der Waals surface area contributed by atoms with Crippen LogP contribution < -0.4 is 10.6 Å². The van der Waals surface area contributed by atoms with Crippen LogP contribution >= 0.6 is 0 Å². The van der Waals surface area contributed by atoms with Crippen LogP contribution in [0.25, 0.3) is 0 Å². The minimum Gasteiger partial charge on any atom is -0.372 e. The molecule has 1 aliphatic carbocycles. The highest BCUT2D eigenvalue weighted by molar-refractivity contribution is 5.45. The summed E-state index contributed by atoms with van der Waals surface area (Å²) in [7, 11) is 0. The van der Waals surface area contributed by atoms with Crippen molar-refractivity contribution in [3.63, 3.8) is 0 Å². The maximum atomic E-state index is 6.06. The van der Waals surface area contributed by atoms with Gasteiger partial charge in [0.1, 0.15) is 0 Å². The van der Waals surface area contributed by atoms with E-state index in [1.807, 2.05) is 0 Å². The van der Waals surface area contributed by atoms with Crippen molar-refractivity contribution < 1.29 is 0 Å². The van der Waals surface area contributed by atoms with Gasteiger partial charge in [0.25, 0.3) is 0 Å². The van der Waals surface area contributed by atoms with Gasteiger partial charge in [-0.3, -0.25) is 0 Å². The van der Waals surface area contributed by atoms with Gasteiger partial charge in [-0.25, -0.2) is 0 Å². The zero-order valence-electron chi connectivity index (χ0n) is 10.8. The quantitative estimate of drug-likeness (QED) is 0.864. The van der Waals surface area contributed by atoms with Gasteiger partial charge in [0.15, 0.2) is 0 Å². The lowest BCUT2D eigenvalue weighted by Gasteiger charge is -2.32. The molecule has 0 aromatic heterocycles. The number of hydrogen-bond donors (Lipinski definition) is 1. The number of anilines is 1. The van der Waals surface area contributed by atoms with E-state index in [0.717, 1.165) is 19.0 Å². The maximum Gasteiger partial charge on any atom is 0.0366 e. The molecular formula is C15H24N2. The fraction of sp³-hybridized carbons (Fsp3) is 0.600. The van der Waals surface area contributed by atoms with Crippen LogP contribution in [0.5, 0.6) is 0 Å². The second-order valence-corrected chi connectivity index (χ2v) is 5.17. The van der Waals surface area contributed by atoms with Crippen LogP contribution in [0.4, 0.5) is 5.69 Å². The standard InChI is InChI=1S/C15H24N2/c1-2-17(15-9-4-3-5-10-15)12-13-7-6-8-14(16)11-13/h3-5,9-10,13-14H,2,6-8,11-12,16H2,1H3. The zero-order chi connectivity index (χ0) is 12.1. The van der Waals surface area contributed by atoms with Gasteiger partial charge < -0.3 is 10.6 Å². The van der Waals surface area contributed by atoms with Crippen molar-refractivity contribution in [3.8, 4) is 0 Å². The van der Waals surface area contributed by atoms with Crippen molar-refractivity contribution in [2.75, 3.05) is 18.0 Å². The lowest BCUT2D eigenvalue weighted by Crippen LogP contribution is -2.35. The maximum absolute atomic E-state index is 6.06. The monoisotopic (exact) mass is 232 g/mol. The molecule has 1 aromatic carbocycles. The highest BCUT2D eigenvalue weighted by atomic mass is 15.1. The van der Waals surface area contributed by atoms with E-state index >= 15 is 0 Å². The predicted molar refractivity (Wildman–Crippen MR) is 74.3 cm³/mol. The Morgan fingerprint density at radius 1 is 1.24 bits per heavy atom. The summed E-state index contributed by atoms with van der Waals surface area (Å²) in [5, 5.41) is 0. The molecule has 0 aliphatic heterocycles. The van der Waals surface area contributed by atoms with Gasteiger partial charge in [-0.2, -0.15) is 0 Å². The third-order valence-electron chi connectivity index (χ3n) is 3.81. The Hall–Kier alpha value is -1.02. The van der Waals surface area contributed by atoms with Gasteiger partial charge in [0.05, 0.1) is 0 Å². The fourth-order valence-electron chi connectivity index (χ4n) is 2.87. The van der Waals surface area contributed by atoms with E-state index in [1.54, 1.807) is 0 Å². The molecule has 94 valence electrons. The summed E-state index contributed by atoms with van der Waals surface area (Å²) in [6.45, 7) is 4.47. The van der Waals surface area contributed by atoms with Crippen molar-refractivity contribution in [3.05, 3.63) is 30.3 Å². The molecule has 2 rings (SSSR count). The number of nitrogens with zero attached hydrogens (tertiary/aromatic N) is 1. The zero-order valence-corrected chi connectivity index (χ0v) is 10.8. The third-order valence-corrected chi connectivity index (χ3v) is 3.81. The van der Waals surface area contributed by atoms with Crippen molar-refractivity contribution >= 4 is 5.69 Å². The third kappa shape index (κ3) is 3.47. The van der Waals surface area contributed by atoms with E-state index in [0.29, 0.717) is 6.04 Å². The van der Waals surface area contributed by atoms with Gasteiger partial charge in [-0.05, 0) is 44.2 Å². The molecule has 1 aliphatic rings. The van der Waals surface area contributed by atoms with E-state index < -0.39 is 0 Å². The SMILES string of the molecule is CCN(CC1CCCC(N)C1)c1ccccc1. The smallest absolute Gasteiger partial charge is 0.0366 e. The largest absolute Gasteiger partial charge is 0.372 e. The van der Waals surface area contributed by atoms with Gasteiger partial charge in [-0.15, -0.1) is 0 Å². The lowest BCUT2D eigenvalue weighted by molar-refractivity contribution is 0.324. The van der Waals surface area contributed by atoms with Crippen molar-refractivity contribution in [1.82, 2.24) is 0 Å². The molecule has 2 atom stereocenters. The van der Waals surface area contributed by atoms with Crippen LogP contribution in [0.15, 0.2) is 30.3 Å². The molecule has 0 bridgehead atoms. The minimum atomic E-state index is 0.434. The van der Waals surface area contributed by atoms with E-state index in [4.69, 9.17) is 5.73 Å². The van der Waals surface area contributed by atoms with E-state index in [-0.39, 0.29) is 0 Å². The van der Waals surface area contributed by atoms with Gasteiger partial charge in [-0.1, -0.05) is 24.6 Å². The number of benzene rings is 1. The van der Waals surface area contributed by atoms with E-state index in [1.165, 1.54) is 31.4 Å². The summed E-state index contributed by atoms with van der Waals surface area (Å²) in [6.07, 6.45) is 5.06. The van der Waals surface area contributed by atoms with Crippen molar-refractivity contribution in [1.29, 1.82) is 0 Å². The van der Waals surface area contributed by atoms with Crippen LogP contribution in [0.1, 0.15) is 32.6 Å². The van der Waals surface area contributed by atoms with Crippen LogP contribution in [-0.4, -0.2) is 19.1 Å². The summed E-state index contributed by atoms with van der Waals surface area (Å²) in [5.41, 5.74) is 7.40. The van der Waals surface area contributed by atoms with Gasteiger partial charge >= 0.3 is 0 Å². The first-order valence-electron chi connectivity index (χ1n) is 6.85.